The highest BCUT2D eigenvalue weighted by molar-refractivity contribution is 5.21. The van der Waals surface area contributed by atoms with Crippen molar-refractivity contribution < 1.29 is 14.6 Å². The fraction of sp³-hybridized carbons (Fsp3) is 0.692. The molecule has 0 amide bonds. The van der Waals surface area contributed by atoms with Crippen molar-refractivity contribution in [3.05, 3.63) is 18.1 Å². The standard InChI is InChI=1S/C13H19N3O3/c1-18-13-11(14-4-5-15-13)12(17)10-7-16-6-2-3-9(16)8-19-10/h4-5,9-10,12,17H,2-3,6-8H2,1H3. The maximum atomic E-state index is 10.4. The van der Waals surface area contributed by atoms with Gasteiger partial charge in [0.15, 0.2) is 0 Å². The van der Waals surface area contributed by atoms with Gasteiger partial charge in [0.2, 0.25) is 5.88 Å². The number of aliphatic hydroxyl groups is 1. The van der Waals surface area contributed by atoms with Crippen LogP contribution in [0.1, 0.15) is 24.6 Å². The van der Waals surface area contributed by atoms with E-state index in [1.807, 2.05) is 0 Å². The highest BCUT2D eigenvalue weighted by Crippen LogP contribution is 2.30. The van der Waals surface area contributed by atoms with Crippen molar-refractivity contribution in [1.29, 1.82) is 0 Å². The molecule has 0 bridgehead atoms. The fourth-order valence-electron chi connectivity index (χ4n) is 2.91. The molecule has 0 saturated carbocycles. The van der Waals surface area contributed by atoms with Gasteiger partial charge in [0, 0.05) is 25.0 Å². The van der Waals surface area contributed by atoms with E-state index in [0.29, 0.717) is 24.2 Å². The molecule has 3 heterocycles. The van der Waals surface area contributed by atoms with Crippen molar-refractivity contribution in [1.82, 2.24) is 14.9 Å². The quantitative estimate of drug-likeness (QED) is 0.852. The number of hydrogen-bond acceptors (Lipinski definition) is 6. The molecule has 0 spiro atoms. The van der Waals surface area contributed by atoms with Crippen molar-refractivity contribution in [3.63, 3.8) is 0 Å². The van der Waals surface area contributed by atoms with Crippen molar-refractivity contribution in [3.8, 4) is 5.88 Å². The molecule has 2 fully saturated rings. The fourth-order valence-corrected chi connectivity index (χ4v) is 2.91. The van der Waals surface area contributed by atoms with Crippen LogP contribution in [0.4, 0.5) is 0 Å². The van der Waals surface area contributed by atoms with Crippen LogP contribution in [0.3, 0.4) is 0 Å². The smallest absolute Gasteiger partial charge is 0.238 e. The number of nitrogens with zero attached hydrogens (tertiary/aromatic N) is 3. The van der Waals surface area contributed by atoms with Crippen molar-refractivity contribution in [2.45, 2.75) is 31.1 Å². The molecule has 2 aliphatic rings. The van der Waals surface area contributed by atoms with Crippen LogP contribution in [0.15, 0.2) is 12.4 Å². The first kappa shape index (κ1) is 12.8. The maximum Gasteiger partial charge on any atom is 0.238 e. The number of methoxy groups -OCH3 is 1. The average molecular weight is 265 g/mol. The summed E-state index contributed by atoms with van der Waals surface area (Å²) in [4.78, 5) is 10.6. The first-order valence-corrected chi connectivity index (χ1v) is 6.68. The Kier molecular flexibility index (Phi) is 3.63. The van der Waals surface area contributed by atoms with Gasteiger partial charge in [-0.1, -0.05) is 0 Å². The molecule has 3 unspecified atom stereocenters. The zero-order chi connectivity index (χ0) is 13.2. The molecule has 0 radical (unpaired) electrons. The number of rotatable bonds is 3. The highest BCUT2D eigenvalue weighted by Gasteiger charge is 2.37. The van der Waals surface area contributed by atoms with E-state index in [4.69, 9.17) is 9.47 Å². The molecule has 6 nitrogen and oxygen atoms in total. The summed E-state index contributed by atoms with van der Waals surface area (Å²) in [7, 11) is 1.53. The van der Waals surface area contributed by atoms with Crippen LogP contribution in [-0.4, -0.2) is 58.9 Å². The zero-order valence-corrected chi connectivity index (χ0v) is 11.0. The van der Waals surface area contributed by atoms with Gasteiger partial charge in [-0.05, 0) is 19.4 Å². The average Bonchev–Trinajstić information content (AvgIpc) is 2.93. The minimum atomic E-state index is -0.801. The summed E-state index contributed by atoms with van der Waals surface area (Å²) in [5.74, 6) is 0.363. The number of aromatic nitrogens is 2. The Morgan fingerprint density at radius 1 is 1.47 bits per heavy atom. The zero-order valence-electron chi connectivity index (χ0n) is 11.0. The van der Waals surface area contributed by atoms with Gasteiger partial charge in [-0.2, -0.15) is 0 Å². The van der Waals surface area contributed by atoms with Crippen molar-refractivity contribution in [2.75, 3.05) is 26.8 Å². The Bertz CT molecular complexity index is 443. The lowest BCUT2D eigenvalue weighted by atomic mass is 10.1. The molecule has 1 N–H and O–H groups in total. The van der Waals surface area contributed by atoms with E-state index in [9.17, 15) is 5.11 Å². The molecule has 2 saturated heterocycles. The maximum absolute atomic E-state index is 10.4. The van der Waals surface area contributed by atoms with E-state index in [0.717, 1.165) is 13.1 Å². The normalized spacial score (nSPS) is 28.9. The monoisotopic (exact) mass is 265 g/mol. The van der Waals surface area contributed by atoms with E-state index in [2.05, 4.69) is 14.9 Å². The van der Waals surface area contributed by atoms with E-state index < -0.39 is 6.10 Å². The number of ether oxygens (including phenoxy) is 2. The van der Waals surface area contributed by atoms with E-state index >= 15 is 0 Å². The lowest BCUT2D eigenvalue weighted by Crippen LogP contribution is -2.48. The van der Waals surface area contributed by atoms with E-state index in [-0.39, 0.29) is 6.10 Å². The van der Waals surface area contributed by atoms with Crippen LogP contribution in [0.5, 0.6) is 5.88 Å². The molecule has 0 aromatic carbocycles. The summed E-state index contributed by atoms with van der Waals surface area (Å²) in [6.07, 6.45) is 4.45. The second-order valence-corrected chi connectivity index (χ2v) is 5.06. The number of aliphatic hydroxyl groups excluding tert-OH is 1. The Morgan fingerprint density at radius 2 is 2.32 bits per heavy atom. The second kappa shape index (κ2) is 5.40. The lowest BCUT2D eigenvalue weighted by molar-refractivity contribution is -0.105. The van der Waals surface area contributed by atoms with Gasteiger partial charge in [-0.15, -0.1) is 0 Å². The lowest BCUT2D eigenvalue weighted by Gasteiger charge is -2.37. The summed E-state index contributed by atoms with van der Waals surface area (Å²) in [6.45, 7) is 2.52. The molecule has 3 atom stereocenters. The molecule has 1 aromatic heterocycles. The van der Waals surface area contributed by atoms with Crippen molar-refractivity contribution in [2.24, 2.45) is 0 Å². The van der Waals surface area contributed by atoms with Gasteiger partial charge in [-0.25, -0.2) is 4.98 Å². The molecule has 3 rings (SSSR count). The summed E-state index contributed by atoms with van der Waals surface area (Å²) >= 11 is 0. The van der Waals surface area contributed by atoms with Crippen LogP contribution in [0.25, 0.3) is 0 Å². The minimum absolute atomic E-state index is 0.264. The Morgan fingerprint density at radius 3 is 3.16 bits per heavy atom. The van der Waals surface area contributed by atoms with Gasteiger partial charge >= 0.3 is 0 Å². The SMILES string of the molecule is COc1nccnc1C(O)C1CN2CCCC2CO1. The molecule has 104 valence electrons. The Balaban J connectivity index is 1.74. The summed E-state index contributed by atoms with van der Waals surface area (Å²) in [5.41, 5.74) is 0.452. The highest BCUT2D eigenvalue weighted by atomic mass is 16.5. The van der Waals surface area contributed by atoms with Gasteiger partial charge in [0.05, 0.1) is 13.7 Å². The Hall–Kier alpha value is -1.24. The Labute approximate surface area is 112 Å². The number of fused-ring (bicyclic) bond motifs is 1. The largest absolute Gasteiger partial charge is 0.480 e. The van der Waals surface area contributed by atoms with Crippen LogP contribution >= 0.6 is 0 Å². The van der Waals surface area contributed by atoms with Gasteiger partial charge < -0.3 is 14.6 Å². The molecule has 6 heteroatoms. The van der Waals surface area contributed by atoms with E-state index in [1.165, 1.54) is 20.0 Å². The van der Waals surface area contributed by atoms with Crippen molar-refractivity contribution >= 4 is 0 Å². The van der Waals surface area contributed by atoms with Gasteiger partial charge in [-0.3, -0.25) is 9.88 Å². The van der Waals surface area contributed by atoms with Crippen LogP contribution in [0, 0.1) is 0 Å². The van der Waals surface area contributed by atoms with E-state index in [1.54, 1.807) is 12.4 Å². The molecule has 1 aromatic rings. The predicted molar refractivity (Wildman–Crippen MR) is 67.9 cm³/mol. The first-order valence-electron chi connectivity index (χ1n) is 6.68. The third kappa shape index (κ3) is 2.43. The third-order valence-corrected chi connectivity index (χ3v) is 3.93. The molecular weight excluding hydrogens is 246 g/mol. The third-order valence-electron chi connectivity index (χ3n) is 3.93. The summed E-state index contributed by atoms with van der Waals surface area (Å²) in [6, 6.07) is 0.521. The van der Waals surface area contributed by atoms with Crippen LogP contribution in [-0.2, 0) is 4.74 Å². The minimum Gasteiger partial charge on any atom is -0.480 e. The molecule has 2 aliphatic heterocycles. The van der Waals surface area contributed by atoms with Crippen LogP contribution in [0.2, 0.25) is 0 Å². The summed E-state index contributed by atoms with van der Waals surface area (Å²) < 4.78 is 10.9. The topological polar surface area (TPSA) is 67.7 Å². The number of morpholine rings is 1. The first-order chi connectivity index (χ1) is 9.29. The summed E-state index contributed by atoms with van der Waals surface area (Å²) in [5, 5.41) is 10.4. The molecular formula is C13H19N3O3. The molecule has 0 aliphatic carbocycles. The number of hydrogen-bond donors (Lipinski definition) is 1. The van der Waals surface area contributed by atoms with Crippen LogP contribution < -0.4 is 4.74 Å². The van der Waals surface area contributed by atoms with Gasteiger partial charge in [0.25, 0.3) is 0 Å². The molecule has 19 heavy (non-hydrogen) atoms. The van der Waals surface area contributed by atoms with Gasteiger partial charge in [0.1, 0.15) is 17.9 Å². The second-order valence-electron chi connectivity index (χ2n) is 5.06. The predicted octanol–water partition coefficient (Wildman–Crippen LogP) is 0.382.